The largest absolute Gasteiger partial charge is 0.426 e. The monoisotopic (exact) mass is 529 g/mol. The molecule has 212 valence electrons. The molecule has 2 aromatic rings. The van der Waals surface area contributed by atoms with Crippen molar-refractivity contribution in [1.82, 2.24) is 4.90 Å². The Labute approximate surface area is 238 Å². The van der Waals surface area contributed by atoms with Crippen LogP contribution in [-0.4, -0.2) is 24.0 Å². The number of hydrogen-bond donors (Lipinski definition) is 0. The number of allylic oxidation sites excluding steroid dienone is 1. The Bertz CT molecular complexity index is 1080. The predicted octanol–water partition coefficient (Wildman–Crippen LogP) is 9.34. The van der Waals surface area contributed by atoms with E-state index in [1.54, 1.807) is 0 Å². The molecule has 2 aliphatic rings. The topological polar surface area (TPSA) is 29.5 Å². The fourth-order valence-electron chi connectivity index (χ4n) is 6.31. The molecule has 0 spiro atoms. The van der Waals surface area contributed by atoms with Gasteiger partial charge in [0.15, 0.2) is 0 Å². The summed E-state index contributed by atoms with van der Waals surface area (Å²) in [5, 5.41) is 0. The summed E-state index contributed by atoms with van der Waals surface area (Å²) in [7, 11) is 0. The average molecular weight is 530 g/mol. The van der Waals surface area contributed by atoms with Gasteiger partial charge < -0.3 is 4.74 Å². The van der Waals surface area contributed by atoms with Gasteiger partial charge in [0.1, 0.15) is 5.76 Å². The standard InChI is InChI=1S/C36H51NO2/c1-4-5-6-7-8-9-10-11-15-18-35(38)39-36-33(26-32-23-28(2)29(3)24-34(32)36)25-30-19-21-37(22-20-30)27-31-16-13-12-14-17-31/h12-14,16-17,23-24,30H,4-11,15,18-22,25-27H2,1-3H3. The molecule has 1 aliphatic carbocycles. The van der Waals surface area contributed by atoms with Gasteiger partial charge in [0.05, 0.1) is 0 Å². The number of rotatable bonds is 15. The number of hydrogen-bond acceptors (Lipinski definition) is 3. The van der Waals surface area contributed by atoms with Gasteiger partial charge in [-0.3, -0.25) is 9.69 Å². The molecule has 0 atom stereocenters. The number of nitrogens with zero attached hydrogens (tertiary/aromatic N) is 1. The van der Waals surface area contributed by atoms with Crippen molar-refractivity contribution in [2.75, 3.05) is 13.1 Å². The highest BCUT2D eigenvalue weighted by Gasteiger charge is 2.29. The van der Waals surface area contributed by atoms with Crippen LogP contribution in [0.15, 0.2) is 48.0 Å². The third kappa shape index (κ3) is 9.07. The Balaban J connectivity index is 1.29. The normalized spacial score (nSPS) is 16.1. The molecule has 0 unspecified atom stereocenters. The zero-order valence-electron chi connectivity index (χ0n) is 24.9. The SMILES string of the molecule is CCCCCCCCCCCC(=O)OC1=C(CC2CCN(Cc3ccccc3)CC2)Cc2cc(C)c(C)cc21. The summed E-state index contributed by atoms with van der Waals surface area (Å²) >= 11 is 0. The Kier molecular flexibility index (Phi) is 11.7. The molecule has 0 radical (unpaired) electrons. The second kappa shape index (κ2) is 15.4. The molecule has 0 aromatic heterocycles. The maximum absolute atomic E-state index is 13.0. The molecule has 2 aromatic carbocycles. The van der Waals surface area contributed by atoms with Gasteiger partial charge in [-0.25, -0.2) is 0 Å². The van der Waals surface area contributed by atoms with Crippen molar-refractivity contribution in [3.05, 3.63) is 75.9 Å². The number of fused-ring (bicyclic) bond motifs is 1. The Morgan fingerprint density at radius 1 is 0.872 bits per heavy atom. The molecule has 39 heavy (non-hydrogen) atoms. The number of piperidine rings is 1. The number of likely N-dealkylation sites (tertiary alicyclic amines) is 1. The maximum atomic E-state index is 13.0. The van der Waals surface area contributed by atoms with Gasteiger partial charge in [-0.2, -0.15) is 0 Å². The summed E-state index contributed by atoms with van der Waals surface area (Å²) in [4.78, 5) is 15.5. The van der Waals surface area contributed by atoms with Crippen LogP contribution in [0, 0.1) is 19.8 Å². The fraction of sp³-hybridized carbons (Fsp3) is 0.583. The number of esters is 1. The summed E-state index contributed by atoms with van der Waals surface area (Å²) in [6, 6.07) is 15.4. The molecular formula is C36H51NO2. The van der Waals surface area contributed by atoms with Crippen LogP contribution in [0.25, 0.3) is 5.76 Å². The highest BCUT2D eigenvalue weighted by molar-refractivity contribution is 5.82. The molecule has 1 aliphatic heterocycles. The van der Waals surface area contributed by atoms with Crippen LogP contribution in [0.3, 0.4) is 0 Å². The second-order valence-corrected chi connectivity index (χ2v) is 12.2. The first-order valence-corrected chi connectivity index (χ1v) is 15.8. The number of carbonyl (C=O) groups excluding carboxylic acids is 1. The summed E-state index contributed by atoms with van der Waals surface area (Å²) in [5.74, 6) is 1.50. The minimum absolute atomic E-state index is 0.0470. The average Bonchev–Trinajstić information content (AvgIpc) is 3.24. The zero-order valence-corrected chi connectivity index (χ0v) is 24.9. The predicted molar refractivity (Wildman–Crippen MR) is 164 cm³/mol. The van der Waals surface area contributed by atoms with E-state index in [4.69, 9.17) is 4.74 Å². The van der Waals surface area contributed by atoms with Gasteiger partial charge in [0, 0.05) is 18.5 Å². The van der Waals surface area contributed by atoms with E-state index in [9.17, 15) is 4.79 Å². The first-order chi connectivity index (χ1) is 19.0. The first kappa shape index (κ1) is 29.6. The summed E-state index contributed by atoms with van der Waals surface area (Å²) in [6.07, 6.45) is 16.3. The molecule has 3 nitrogen and oxygen atoms in total. The van der Waals surface area contributed by atoms with Crippen LogP contribution in [0.5, 0.6) is 0 Å². The van der Waals surface area contributed by atoms with Crippen LogP contribution in [0.2, 0.25) is 0 Å². The molecule has 0 N–H and O–H groups in total. The van der Waals surface area contributed by atoms with Gasteiger partial charge >= 0.3 is 5.97 Å². The minimum Gasteiger partial charge on any atom is -0.426 e. The quantitative estimate of drug-likeness (QED) is 0.170. The Morgan fingerprint density at radius 2 is 1.51 bits per heavy atom. The van der Waals surface area contributed by atoms with Crippen LogP contribution in [-0.2, 0) is 22.5 Å². The molecule has 4 rings (SSSR count). The van der Waals surface area contributed by atoms with Crippen molar-refractivity contribution in [3.8, 4) is 0 Å². The van der Waals surface area contributed by atoms with Crippen LogP contribution < -0.4 is 0 Å². The van der Waals surface area contributed by atoms with Crippen molar-refractivity contribution < 1.29 is 9.53 Å². The van der Waals surface area contributed by atoms with Crippen LogP contribution >= 0.6 is 0 Å². The smallest absolute Gasteiger partial charge is 0.311 e. The minimum atomic E-state index is -0.0470. The maximum Gasteiger partial charge on any atom is 0.311 e. The summed E-state index contributed by atoms with van der Waals surface area (Å²) in [5.41, 5.74) is 7.84. The van der Waals surface area contributed by atoms with Gasteiger partial charge in [0.25, 0.3) is 0 Å². The number of carbonyl (C=O) groups is 1. The van der Waals surface area contributed by atoms with Crippen molar-refractivity contribution in [2.45, 2.75) is 117 Å². The van der Waals surface area contributed by atoms with Crippen molar-refractivity contribution in [1.29, 1.82) is 0 Å². The molecule has 3 heteroatoms. The Hall–Kier alpha value is -2.39. The van der Waals surface area contributed by atoms with E-state index < -0.39 is 0 Å². The zero-order chi connectivity index (χ0) is 27.5. The van der Waals surface area contributed by atoms with Crippen molar-refractivity contribution in [3.63, 3.8) is 0 Å². The van der Waals surface area contributed by atoms with Gasteiger partial charge in [-0.15, -0.1) is 0 Å². The number of unbranched alkanes of at least 4 members (excludes halogenated alkanes) is 8. The van der Waals surface area contributed by atoms with E-state index in [-0.39, 0.29) is 5.97 Å². The third-order valence-corrected chi connectivity index (χ3v) is 8.88. The van der Waals surface area contributed by atoms with E-state index in [1.165, 1.54) is 85.6 Å². The van der Waals surface area contributed by atoms with Crippen LogP contribution in [0.1, 0.15) is 118 Å². The molecule has 0 bridgehead atoms. The van der Waals surface area contributed by atoms with E-state index in [2.05, 4.69) is 68.1 Å². The first-order valence-electron chi connectivity index (χ1n) is 15.8. The van der Waals surface area contributed by atoms with Gasteiger partial charge in [-0.05, 0) is 98.9 Å². The molecular weight excluding hydrogens is 478 g/mol. The number of ether oxygens (including phenoxy) is 1. The number of aryl methyl sites for hydroxylation is 2. The lowest BCUT2D eigenvalue weighted by atomic mass is 9.89. The molecule has 0 amide bonds. The van der Waals surface area contributed by atoms with Crippen LogP contribution in [0.4, 0.5) is 0 Å². The van der Waals surface area contributed by atoms with Crippen molar-refractivity contribution in [2.24, 2.45) is 5.92 Å². The molecule has 1 heterocycles. The molecule has 0 saturated carbocycles. The van der Waals surface area contributed by atoms with E-state index in [0.29, 0.717) is 12.3 Å². The third-order valence-electron chi connectivity index (χ3n) is 8.88. The fourth-order valence-corrected chi connectivity index (χ4v) is 6.31. The molecule has 1 saturated heterocycles. The summed E-state index contributed by atoms with van der Waals surface area (Å²) in [6.45, 7) is 9.95. The lowest BCUT2D eigenvalue weighted by molar-refractivity contribution is -0.136. The highest BCUT2D eigenvalue weighted by atomic mass is 16.5. The highest BCUT2D eigenvalue weighted by Crippen LogP contribution is 2.40. The Morgan fingerprint density at radius 3 is 2.21 bits per heavy atom. The van der Waals surface area contributed by atoms with Gasteiger partial charge in [-0.1, -0.05) is 94.7 Å². The lowest BCUT2D eigenvalue weighted by Crippen LogP contribution is -2.33. The summed E-state index contributed by atoms with van der Waals surface area (Å²) < 4.78 is 6.19. The van der Waals surface area contributed by atoms with Gasteiger partial charge in [0.2, 0.25) is 0 Å². The van der Waals surface area contributed by atoms with E-state index in [1.807, 2.05) is 0 Å². The van der Waals surface area contributed by atoms with Crippen molar-refractivity contribution >= 4 is 11.7 Å². The molecule has 1 fully saturated rings. The lowest BCUT2D eigenvalue weighted by Gasteiger charge is -2.32. The van der Waals surface area contributed by atoms with E-state index >= 15 is 0 Å². The number of benzene rings is 2. The second-order valence-electron chi connectivity index (χ2n) is 12.2. The van der Waals surface area contributed by atoms with E-state index in [0.717, 1.165) is 56.6 Å².